The lowest BCUT2D eigenvalue weighted by atomic mass is 10.1. The fourth-order valence-electron chi connectivity index (χ4n) is 1.78. The van der Waals surface area contributed by atoms with Crippen LogP contribution in [0.4, 0.5) is 8.78 Å². The molecule has 2 rings (SSSR count). The summed E-state index contributed by atoms with van der Waals surface area (Å²) < 4.78 is 49.8. The van der Waals surface area contributed by atoms with Crippen molar-refractivity contribution in [3.8, 4) is 0 Å². The lowest BCUT2D eigenvalue weighted by molar-refractivity contribution is 0.0989. The Labute approximate surface area is 121 Å². The number of sulfone groups is 1. The Morgan fingerprint density at radius 2 is 1.62 bits per heavy atom. The highest BCUT2D eigenvalue weighted by molar-refractivity contribution is 7.91. The maximum absolute atomic E-state index is 13.1. The van der Waals surface area contributed by atoms with Gasteiger partial charge in [-0.25, -0.2) is 17.2 Å². The highest BCUT2D eigenvalue weighted by Gasteiger charge is 2.18. The van der Waals surface area contributed by atoms with Gasteiger partial charge in [-0.15, -0.1) is 0 Å². The third kappa shape index (κ3) is 3.72. The van der Waals surface area contributed by atoms with Crippen molar-refractivity contribution in [2.45, 2.75) is 11.3 Å². The van der Waals surface area contributed by atoms with E-state index in [4.69, 9.17) is 0 Å². The first-order valence-electron chi connectivity index (χ1n) is 6.16. The maximum Gasteiger partial charge on any atom is 0.178 e. The van der Waals surface area contributed by atoms with Crippen LogP contribution in [0.2, 0.25) is 0 Å². The minimum atomic E-state index is -3.83. The van der Waals surface area contributed by atoms with E-state index in [1.807, 2.05) is 0 Å². The molecule has 0 aliphatic rings. The SMILES string of the molecule is O=C(CCS(=O)(=O)c1ccc(F)c(F)c1)c1ccccc1. The Morgan fingerprint density at radius 3 is 2.24 bits per heavy atom. The van der Waals surface area contributed by atoms with Crippen LogP contribution in [0, 0.1) is 11.6 Å². The van der Waals surface area contributed by atoms with Crippen LogP contribution < -0.4 is 0 Å². The quantitative estimate of drug-likeness (QED) is 0.630. The Morgan fingerprint density at radius 1 is 0.952 bits per heavy atom. The molecule has 6 heteroatoms. The van der Waals surface area contributed by atoms with Crippen LogP contribution in [0.25, 0.3) is 0 Å². The van der Waals surface area contributed by atoms with Gasteiger partial charge in [-0.05, 0) is 18.2 Å². The monoisotopic (exact) mass is 310 g/mol. The molecule has 110 valence electrons. The topological polar surface area (TPSA) is 51.2 Å². The largest absolute Gasteiger partial charge is 0.294 e. The van der Waals surface area contributed by atoms with E-state index >= 15 is 0 Å². The second-order valence-corrected chi connectivity index (χ2v) is 6.54. The second-order valence-electron chi connectivity index (χ2n) is 4.43. The van der Waals surface area contributed by atoms with E-state index in [-0.39, 0.29) is 17.1 Å². The van der Waals surface area contributed by atoms with Crippen LogP contribution >= 0.6 is 0 Å². The average molecular weight is 310 g/mol. The molecule has 2 aromatic rings. The third-order valence-corrected chi connectivity index (χ3v) is 4.66. The number of benzene rings is 2. The molecule has 0 heterocycles. The summed E-state index contributed by atoms with van der Waals surface area (Å²) in [5.41, 5.74) is 0.415. The fraction of sp³-hybridized carbons (Fsp3) is 0.133. The van der Waals surface area contributed by atoms with Gasteiger partial charge in [-0.2, -0.15) is 0 Å². The Balaban J connectivity index is 2.11. The Hall–Kier alpha value is -2.08. The van der Waals surface area contributed by atoms with Gasteiger partial charge in [0.25, 0.3) is 0 Å². The molecule has 0 spiro atoms. The molecule has 3 nitrogen and oxygen atoms in total. The minimum Gasteiger partial charge on any atom is -0.294 e. The zero-order chi connectivity index (χ0) is 15.5. The summed E-state index contributed by atoms with van der Waals surface area (Å²) in [5.74, 6) is -3.12. The van der Waals surface area contributed by atoms with E-state index in [1.165, 1.54) is 0 Å². The smallest absolute Gasteiger partial charge is 0.178 e. The molecule has 0 saturated heterocycles. The van der Waals surface area contributed by atoms with E-state index in [9.17, 15) is 22.0 Å². The molecule has 0 saturated carbocycles. The molecule has 0 N–H and O–H groups in total. The summed E-state index contributed by atoms with van der Waals surface area (Å²) in [6.07, 6.45) is -0.217. The number of ketones is 1. The summed E-state index contributed by atoms with van der Waals surface area (Å²) in [7, 11) is -3.83. The molecule has 0 aliphatic carbocycles. The third-order valence-electron chi connectivity index (χ3n) is 2.94. The number of carbonyl (C=O) groups excluding carboxylic acids is 1. The first-order chi connectivity index (χ1) is 9.90. The first kappa shape index (κ1) is 15.3. The van der Waals surface area contributed by atoms with Gasteiger partial charge in [0.2, 0.25) is 0 Å². The van der Waals surface area contributed by atoms with Crippen molar-refractivity contribution in [2.75, 3.05) is 5.75 Å². The van der Waals surface area contributed by atoms with E-state index in [1.54, 1.807) is 30.3 Å². The average Bonchev–Trinajstić information content (AvgIpc) is 2.48. The Bertz CT molecular complexity index is 756. The van der Waals surface area contributed by atoms with Crippen LogP contribution in [-0.4, -0.2) is 20.0 Å². The first-order valence-corrected chi connectivity index (χ1v) is 7.81. The number of Topliss-reactive ketones (excluding diaryl/α,β-unsaturated/α-hetero) is 1. The van der Waals surface area contributed by atoms with Gasteiger partial charge in [0.05, 0.1) is 10.6 Å². The summed E-state index contributed by atoms with van der Waals surface area (Å²) in [6, 6.07) is 10.6. The molecule has 0 amide bonds. The van der Waals surface area contributed by atoms with Gasteiger partial charge in [0, 0.05) is 12.0 Å². The molecule has 0 atom stereocenters. The van der Waals surface area contributed by atoms with E-state index < -0.39 is 27.2 Å². The minimum absolute atomic E-state index is 0.217. The summed E-state index contributed by atoms with van der Waals surface area (Å²) in [4.78, 5) is 11.5. The van der Waals surface area contributed by atoms with E-state index in [2.05, 4.69) is 0 Å². The highest BCUT2D eigenvalue weighted by atomic mass is 32.2. The predicted molar refractivity (Wildman–Crippen MR) is 73.8 cm³/mol. The van der Waals surface area contributed by atoms with E-state index in [0.717, 1.165) is 12.1 Å². The summed E-state index contributed by atoms with van der Waals surface area (Å²) in [6.45, 7) is 0. The van der Waals surface area contributed by atoms with Gasteiger partial charge >= 0.3 is 0 Å². The van der Waals surface area contributed by atoms with Crippen molar-refractivity contribution in [2.24, 2.45) is 0 Å². The van der Waals surface area contributed by atoms with Crippen LogP contribution in [0.15, 0.2) is 53.4 Å². The van der Waals surface area contributed by atoms with Crippen molar-refractivity contribution >= 4 is 15.6 Å². The van der Waals surface area contributed by atoms with Crippen molar-refractivity contribution in [3.63, 3.8) is 0 Å². The van der Waals surface area contributed by atoms with Gasteiger partial charge in [-0.3, -0.25) is 4.79 Å². The number of rotatable bonds is 5. The lowest BCUT2D eigenvalue weighted by Crippen LogP contribution is -2.12. The standard InChI is InChI=1S/C15H12F2O3S/c16-13-7-6-12(10-14(13)17)21(19,20)9-8-15(18)11-4-2-1-3-5-11/h1-7,10H,8-9H2. The van der Waals surface area contributed by atoms with Crippen molar-refractivity contribution in [1.82, 2.24) is 0 Å². The second kappa shape index (κ2) is 6.13. The molecule has 0 unspecified atom stereocenters. The van der Waals surface area contributed by atoms with Crippen LogP contribution in [0.1, 0.15) is 16.8 Å². The van der Waals surface area contributed by atoms with E-state index in [0.29, 0.717) is 11.6 Å². The molecule has 2 aromatic carbocycles. The van der Waals surface area contributed by atoms with Gasteiger partial charge < -0.3 is 0 Å². The van der Waals surface area contributed by atoms with Crippen LogP contribution in [-0.2, 0) is 9.84 Å². The van der Waals surface area contributed by atoms with Crippen molar-refractivity contribution in [1.29, 1.82) is 0 Å². The molecule has 0 fully saturated rings. The van der Waals surface area contributed by atoms with Crippen LogP contribution in [0.5, 0.6) is 0 Å². The molecule has 21 heavy (non-hydrogen) atoms. The molecular weight excluding hydrogens is 298 g/mol. The molecular formula is C15H12F2O3S. The predicted octanol–water partition coefficient (Wildman–Crippen LogP) is 3.01. The number of halogens is 2. The fourth-order valence-corrected chi connectivity index (χ4v) is 3.03. The number of hydrogen-bond donors (Lipinski definition) is 0. The normalized spacial score (nSPS) is 11.3. The molecule has 0 radical (unpaired) electrons. The highest BCUT2D eigenvalue weighted by Crippen LogP contribution is 2.16. The number of hydrogen-bond acceptors (Lipinski definition) is 3. The summed E-state index contributed by atoms with van der Waals surface area (Å²) in [5, 5.41) is 0. The van der Waals surface area contributed by atoms with Crippen LogP contribution in [0.3, 0.4) is 0 Å². The maximum atomic E-state index is 13.1. The van der Waals surface area contributed by atoms with Gasteiger partial charge in [0.15, 0.2) is 27.3 Å². The summed E-state index contributed by atoms with van der Waals surface area (Å²) >= 11 is 0. The Kier molecular flexibility index (Phi) is 4.47. The van der Waals surface area contributed by atoms with Gasteiger partial charge in [0.1, 0.15) is 0 Å². The molecule has 0 bridgehead atoms. The van der Waals surface area contributed by atoms with Crippen molar-refractivity contribution < 1.29 is 22.0 Å². The number of carbonyl (C=O) groups is 1. The van der Waals surface area contributed by atoms with Crippen molar-refractivity contribution in [3.05, 3.63) is 65.7 Å². The zero-order valence-electron chi connectivity index (χ0n) is 10.9. The molecule has 0 aliphatic heterocycles. The molecule has 0 aromatic heterocycles. The lowest BCUT2D eigenvalue weighted by Gasteiger charge is -2.05. The zero-order valence-corrected chi connectivity index (χ0v) is 11.7. The van der Waals surface area contributed by atoms with Gasteiger partial charge in [-0.1, -0.05) is 30.3 Å².